The van der Waals surface area contributed by atoms with E-state index in [1.165, 1.54) is 0 Å². The van der Waals surface area contributed by atoms with Crippen molar-refractivity contribution in [2.24, 2.45) is 5.92 Å². The van der Waals surface area contributed by atoms with Gasteiger partial charge in [-0.25, -0.2) is 0 Å². The highest BCUT2D eigenvalue weighted by atomic mass is 16.5. The van der Waals surface area contributed by atoms with Gasteiger partial charge < -0.3 is 9.84 Å². The van der Waals surface area contributed by atoms with Crippen molar-refractivity contribution in [3.8, 4) is 0 Å². The molecule has 0 saturated carbocycles. The highest BCUT2D eigenvalue weighted by molar-refractivity contribution is 5.90. The van der Waals surface area contributed by atoms with E-state index in [2.05, 4.69) is 4.90 Å². The second-order valence-electron chi connectivity index (χ2n) is 6.55. The Hall–Kier alpha value is -1.91. The molecule has 2 aromatic rings. The third kappa shape index (κ3) is 2.62. The number of aliphatic carboxylic acids is 1. The zero-order chi connectivity index (χ0) is 15.8. The molecule has 2 saturated heterocycles. The normalized spacial score (nSPS) is 26.1. The predicted molar refractivity (Wildman–Crippen MR) is 88.4 cm³/mol. The Morgan fingerprint density at radius 2 is 2.00 bits per heavy atom. The van der Waals surface area contributed by atoms with Gasteiger partial charge in [-0.3, -0.25) is 9.69 Å². The van der Waals surface area contributed by atoms with Crippen LogP contribution in [0.5, 0.6) is 0 Å². The van der Waals surface area contributed by atoms with Crippen molar-refractivity contribution >= 4 is 16.7 Å². The Morgan fingerprint density at radius 3 is 2.87 bits per heavy atom. The van der Waals surface area contributed by atoms with E-state index in [9.17, 15) is 9.90 Å². The molecule has 2 aromatic carbocycles. The predicted octanol–water partition coefficient (Wildman–Crippen LogP) is 3.08. The summed E-state index contributed by atoms with van der Waals surface area (Å²) in [6, 6.07) is 13.4. The molecule has 0 bridgehead atoms. The number of carboxylic acids is 1. The molecule has 0 aliphatic carbocycles. The first-order valence-corrected chi connectivity index (χ1v) is 8.30. The lowest BCUT2D eigenvalue weighted by Crippen LogP contribution is -2.45. The van der Waals surface area contributed by atoms with Crippen molar-refractivity contribution in [1.29, 1.82) is 0 Å². The highest BCUT2D eigenvalue weighted by Crippen LogP contribution is 2.35. The molecule has 2 fully saturated rings. The van der Waals surface area contributed by atoms with E-state index in [4.69, 9.17) is 4.74 Å². The summed E-state index contributed by atoms with van der Waals surface area (Å²) in [5, 5.41) is 12.0. The number of benzene rings is 2. The van der Waals surface area contributed by atoms with Crippen LogP contribution in [0.4, 0.5) is 0 Å². The molecular weight excluding hydrogens is 290 g/mol. The second kappa shape index (κ2) is 5.95. The van der Waals surface area contributed by atoms with Crippen LogP contribution in [0.25, 0.3) is 10.8 Å². The zero-order valence-electron chi connectivity index (χ0n) is 13.0. The molecule has 23 heavy (non-hydrogen) atoms. The molecule has 4 heteroatoms. The summed E-state index contributed by atoms with van der Waals surface area (Å²) in [7, 11) is 0. The summed E-state index contributed by atoms with van der Waals surface area (Å²) in [5.74, 6) is -0.292. The van der Waals surface area contributed by atoms with Crippen LogP contribution in [-0.2, 0) is 9.53 Å². The minimum absolute atomic E-state index is 0.327. The molecule has 0 spiro atoms. The van der Waals surface area contributed by atoms with E-state index in [1.807, 2.05) is 42.5 Å². The smallest absolute Gasteiger partial charge is 0.325 e. The number of ether oxygens (including phenoxy) is 1. The van der Waals surface area contributed by atoms with Gasteiger partial charge in [-0.2, -0.15) is 0 Å². The molecule has 2 heterocycles. The van der Waals surface area contributed by atoms with Crippen molar-refractivity contribution in [3.05, 3.63) is 48.0 Å². The van der Waals surface area contributed by atoms with Crippen LogP contribution >= 0.6 is 0 Å². The molecule has 2 aliphatic heterocycles. The number of hydrogen-bond acceptors (Lipinski definition) is 3. The van der Waals surface area contributed by atoms with Gasteiger partial charge in [0.25, 0.3) is 0 Å². The van der Waals surface area contributed by atoms with Crippen LogP contribution in [0, 0.1) is 5.92 Å². The van der Waals surface area contributed by atoms with Crippen LogP contribution < -0.4 is 0 Å². The third-order valence-corrected chi connectivity index (χ3v) is 5.23. The lowest BCUT2D eigenvalue weighted by Gasteiger charge is -2.38. The van der Waals surface area contributed by atoms with Gasteiger partial charge in [0.15, 0.2) is 0 Å². The maximum Gasteiger partial charge on any atom is 0.325 e. The standard InChI is InChI=1S/C19H21NO3/c21-19(22)18(20-10-8-17-14(12-20)9-11-23-17)16-7-3-5-13-4-1-2-6-15(13)16/h1-7,14,17-18H,8-12H2,(H,21,22)/t14-,17+,18?/m1/s1. The Balaban J connectivity index is 1.71. The SMILES string of the molecule is O=C(O)C(c1cccc2ccccc12)N1CC[C@@H]2OCC[C@@H]2C1. The second-order valence-corrected chi connectivity index (χ2v) is 6.55. The fourth-order valence-electron chi connectivity index (χ4n) is 4.12. The lowest BCUT2D eigenvalue weighted by molar-refractivity contribution is -0.145. The number of likely N-dealkylation sites (tertiary alicyclic amines) is 1. The van der Waals surface area contributed by atoms with Crippen molar-refractivity contribution in [2.45, 2.75) is 25.0 Å². The summed E-state index contributed by atoms with van der Waals surface area (Å²) in [5.41, 5.74) is 0.896. The molecule has 120 valence electrons. The maximum atomic E-state index is 12.1. The number of carbonyl (C=O) groups is 1. The minimum atomic E-state index is -0.765. The summed E-state index contributed by atoms with van der Waals surface area (Å²) < 4.78 is 5.75. The molecule has 2 aliphatic rings. The topological polar surface area (TPSA) is 49.8 Å². The molecule has 1 N–H and O–H groups in total. The van der Waals surface area contributed by atoms with E-state index in [1.54, 1.807) is 0 Å². The largest absolute Gasteiger partial charge is 0.480 e. The van der Waals surface area contributed by atoms with Crippen LogP contribution in [0.2, 0.25) is 0 Å². The zero-order valence-corrected chi connectivity index (χ0v) is 13.0. The molecule has 1 unspecified atom stereocenters. The van der Waals surface area contributed by atoms with Gasteiger partial charge in [0.1, 0.15) is 6.04 Å². The first-order chi connectivity index (χ1) is 11.2. The number of carboxylic acid groups (broad SMARTS) is 1. The van der Waals surface area contributed by atoms with E-state index < -0.39 is 12.0 Å². The number of nitrogens with zero attached hydrogens (tertiary/aromatic N) is 1. The highest BCUT2D eigenvalue weighted by Gasteiger charge is 2.39. The maximum absolute atomic E-state index is 12.1. The molecular formula is C19H21NO3. The van der Waals surface area contributed by atoms with Gasteiger partial charge in [-0.1, -0.05) is 42.5 Å². The number of hydrogen-bond donors (Lipinski definition) is 1. The van der Waals surface area contributed by atoms with Gasteiger partial charge in [-0.15, -0.1) is 0 Å². The van der Waals surface area contributed by atoms with Gasteiger partial charge in [0, 0.05) is 25.6 Å². The minimum Gasteiger partial charge on any atom is -0.480 e. The summed E-state index contributed by atoms with van der Waals surface area (Å²) in [6.45, 7) is 2.40. The Morgan fingerprint density at radius 1 is 1.17 bits per heavy atom. The van der Waals surface area contributed by atoms with E-state index >= 15 is 0 Å². The number of fused-ring (bicyclic) bond motifs is 2. The Kier molecular flexibility index (Phi) is 3.79. The van der Waals surface area contributed by atoms with Gasteiger partial charge in [0.05, 0.1) is 6.10 Å². The molecule has 4 rings (SSSR count). The molecule has 0 amide bonds. The van der Waals surface area contributed by atoms with Gasteiger partial charge in [-0.05, 0) is 29.2 Å². The van der Waals surface area contributed by atoms with Crippen LogP contribution in [0.1, 0.15) is 24.4 Å². The average molecular weight is 311 g/mol. The number of rotatable bonds is 3. The summed E-state index contributed by atoms with van der Waals surface area (Å²) >= 11 is 0. The van der Waals surface area contributed by atoms with Crippen LogP contribution in [0.3, 0.4) is 0 Å². The third-order valence-electron chi connectivity index (χ3n) is 5.23. The van der Waals surface area contributed by atoms with E-state index in [-0.39, 0.29) is 0 Å². The average Bonchev–Trinajstić information content (AvgIpc) is 3.03. The summed E-state index contributed by atoms with van der Waals surface area (Å²) in [4.78, 5) is 14.2. The fraction of sp³-hybridized carbons (Fsp3) is 0.421. The first kappa shape index (κ1) is 14.7. The Labute approximate surface area is 135 Å². The van der Waals surface area contributed by atoms with E-state index in [0.717, 1.165) is 48.9 Å². The van der Waals surface area contributed by atoms with Crippen molar-refractivity contribution < 1.29 is 14.6 Å². The van der Waals surface area contributed by atoms with Gasteiger partial charge >= 0.3 is 5.97 Å². The van der Waals surface area contributed by atoms with Gasteiger partial charge in [0.2, 0.25) is 0 Å². The van der Waals surface area contributed by atoms with E-state index in [0.29, 0.717) is 12.0 Å². The molecule has 3 atom stereocenters. The monoisotopic (exact) mass is 311 g/mol. The van der Waals surface area contributed by atoms with Crippen LogP contribution in [0.15, 0.2) is 42.5 Å². The van der Waals surface area contributed by atoms with Crippen molar-refractivity contribution in [2.75, 3.05) is 19.7 Å². The molecule has 0 aromatic heterocycles. The van der Waals surface area contributed by atoms with Crippen molar-refractivity contribution in [1.82, 2.24) is 4.90 Å². The fourth-order valence-corrected chi connectivity index (χ4v) is 4.12. The Bertz CT molecular complexity index is 724. The quantitative estimate of drug-likeness (QED) is 0.946. The summed E-state index contributed by atoms with van der Waals surface area (Å²) in [6.07, 6.45) is 2.30. The van der Waals surface area contributed by atoms with Crippen molar-refractivity contribution in [3.63, 3.8) is 0 Å². The number of piperidine rings is 1. The molecule has 0 radical (unpaired) electrons. The first-order valence-electron chi connectivity index (χ1n) is 8.30. The van der Waals surface area contributed by atoms with Crippen LogP contribution in [-0.4, -0.2) is 41.8 Å². The lowest BCUT2D eigenvalue weighted by atomic mass is 9.90. The molecule has 4 nitrogen and oxygen atoms in total.